The minimum Gasteiger partial charge on any atom is -0.433 e. The second kappa shape index (κ2) is 7.25. The predicted octanol–water partition coefficient (Wildman–Crippen LogP) is 5.48. The Balaban J connectivity index is 2.46. The highest BCUT2D eigenvalue weighted by molar-refractivity contribution is 5.50. The average Bonchev–Trinajstić information content (AvgIpc) is 2.86. The standard InChI is InChI=1S/C18H21F5N2O/c1-5-13-10-25(11(2)24-13)14-7-6-12(8-15(14)26-16(19)20)9-17(3,4)18(21,22)23/h6-8,10,16H,5,9H2,1-4H3. The first-order chi connectivity index (χ1) is 11.9. The quantitative estimate of drug-likeness (QED) is 0.625. The molecule has 144 valence electrons. The summed E-state index contributed by atoms with van der Waals surface area (Å²) >= 11 is 0. The zero-order valence-corrected chi connectivity index (χ0v) is 15.0. The molecule has 0 unspecified atom stereocenters. The summed E-state index contributed by atoms with van der Waals surface area (Å²) in [4.78, 5) is 4.31. The number of aromatic nitrogens is 2. The lowest BCUT2D eigenvalue weighted by molar-refractivity contribution is -0.211. The van der Waals surface area contributed by atoms with Crippen molar-refractivity contribution in [3.8, 4) is 11.4 Å². The van der Waals surface area contributed by atoms with Gasteiger partial charge in [0.25, 0.3) is 0 Å². The second-order valence-electron chi connectivity index (χ2n) is 6.74. The number of imidazole rings is 1. The first kappa shape index (κ1) is 20.2. The summed E-state index contributed by atoms with van der Waals surface area (Å²) in [6.45, 7) is 2.68. The van der Waals surface area contributed by atoms with E-state index in [0.717, 1.165) is 19.5 Å². The first-order valence-electron chi connectivity index (χ1n) is 8.14. The minimum atomic E-state index is -4.41. The molecule has 0 atom stereocenters. The molecule has 3 nitrogen and oxygen atoms in total. The van der Waals surface area contributed by atoms with Gasteiger partial charge in [-0.25, -0.2) is 4.98 Å². The molecule has 0 aliphatic carbocycles. The molecule has 0 spiro atoms. The summed E-state index contributed by atoms with van der Waals surface area (Å²) < 4.78 is 71.1. The van der Waals surface area contributed by atoms with Gasteiger partial charge in [0, 0.05) is 6.20 Å². The van der Waals surface area contributed by atoms with Gasteiger partial charge in [-0.3, -0.25) is 0 Å². The second-order valence-corrected chi connectivity index (χ2v) is 6.74. The van der Waals surface area contributed by atoms with Crippen molar-refractivity contribution in [1.82, 2.24) is 9.55 Å². The van der Waals surface area contributed by atoms with Crippen molar-refractivity contribution in [2.24, 2.45) is 5.41 Å². The van der Waals surface area contributed by atoms with Gasteiger partial charge in [0.2, 0.25) is 0 Å². The fourth-order valence-electron chi connectivity index (χ4n) is 2.62. The molecule has 2 rings (SSSR count). The SMILES string of the molecule is CCc1cn(-c2ccc(CC(C)(C)C(F)(F)F)cc2OC(F)F)c(C)n1. The largest absolute Gasteiger partial charge is 0.433 e. The number of alkyl halides is 5. The van der Waals surface area contributed by atoms with Crippen LogP contribution in [0.2, 0.25) is 0 Å². The van der Waals surface area contributed by atoms with Crippen molar-refractivity contribution in [2.75, 3.05) is 0 Å². The van der Waals surface area contributed by atoms with Crippen LogP contribution >= 0.6 is 0 Å². The Morgan fingerprint density at radius 1 is 1.19 bits per heavy atom. The summed E-state index contributed by atoms with van der Waals surface area (Å²) in [6.07, 6.45) is -2.40. The Bertz CT molecular complexity index is 765. The molecule has 26 heavy (non-hydrogen) atoms. The van der Waals surface area contributed by atoms with Crippen molar-refractivity contribution in [1.29, 1.82) is 0 Å². The Labute approximate surface area is 148 Å². The molecule has 0 bridgehead atoms. The van der Waals surface area contributed by atoms with Gasteiger partial charge < -0.3 is 9.30 Å². The highest BCUT2D eigenvalue weighted by atomic mass is 19.4. The smallest absolute Gasteiger partial charge is 0.394 e. The number of hydrogen-bond acceptors (Lipinski definition) is 2. The molecule has 2 aromatic rings. The van der Waals surface area contributed by atoms with Crippen LogP contribution in [0.4, 0.5) is 22.0 Å². The van der Waals surface area contributed by atoms with E-state index in [0.29, 0.717) is 17.9 Å². The molecule has 0 fully saturated rings. The number of rotatable bonds is 6. The molecular weight excluding hydrogens is 355 g/mol. The Hall–Kier alpha value is -2.12. The van der Waals surface area contributed by atoms with Gasteiger partial charge in [0.15, 0.2) is 0 Å². The van der Waals surface area contributed by atoms with Crippen molar-refractivity contribution >= 4 is 0 Å². The van der Waals surface area contributed by atoms with Crippen molar-refractivity contribution in [2.45, 2.75) is 53.3 Å². The van der Waals surface area contributed by atoms with Crippen LogP contribution in [0.15, 0.2) is 24.4 Å². The zero-order chi connectivity index (χ0) is 19.7. The number of hydrogen-bond donors (Lipinski definition) is 0. The van der Waals surface area contributed by atoms with E-state index in [1.165, 1.54) is 18.2 Å². The van der Waals surface area contributed by atoms with E-state index >= 15 is 0 Å². The molecule has 1 aromatic carbocycles. The lowest BCUT2D eigenvalue weighted by Gasteiger charge is -2.28. The van der Waals surface area contributed by atoms with Gasteiger partial charge in [-0.15, -0.1) is 0 Å². The van der Waals surface area contributed by atoms with Crippen LogP contribution in [0.3, 0.4) is 0 Å². The molecule has 1 heterocycles. The Morgan fingerprint density at radius 3 is 2.35 bits per heavy atom. The number of aryl methyl sites for hydroxylation is 2. The van der Waals surface area contributed by atoms with Gasteiger partial charge >= 0.3 is 12.8 Å². The van der Waals surface area contributed by atoms with Crippen LogP contribution in [0.25, 0.3) is 5.69 Å². The zero-order valence-electron chi connectivity index (χ0n) is 15.0. The highest BCUT2D eigenvalue weighted by Crippen LogP contribution is 2.41. The third-order valence-electron chi connectivity index (χ3n) is 4.21. The third kappa shape index (κ3) is 4.34. The molecule has 0 aliphatic rings. The van der Waals surface area contributed by atoms with Crippen LogP contribution in [-0.4, -0.2) is 22.3 Å². The van der Waals surface area contributed by atoms with E-state index in [2.05, 4.69) is 9.72 Å². The number of halogens is 5. The van der Waals surface area contributed by atoms with Crippen LogP contribution in [0.5, 0.6) is 5.75 Å². The van der Waals surface area contributed by atoms with Crippen LogP contribution in [0.1, 0.15) is 37.9 Å². The van der Waals surface area contributed by atoms with E-state index in [4.69, 9.17) is 0 Å². The van der Waals surface area contributed by atoms with E-state index in [-0.39, 0.29) is 17.7 Å². The lowest BCUT2D eigenvalue weighted by atomic mass is 9.85. The van der Waals surface area contributed by atoms with Gasteiger partial charge in [-0.1, -0.05) is 26.8 Å². The summed E-state index contributed by atoms with van der Waals surface area (Å²) in [7, 11) is 0. The summed E-state index contributed by atoms with van der Waals surface area (Å²) in [5.41, 5.74) is -0.645. The molecule has 0 saturated heterocycles. The molecular formula is C18H21F5N2O. The monoisotopic (exact) mass is 376 g/mol. The van der Waals surface area contributed by atoms with Crippen LogP contribution in [-0.2, 0) is 12.8 Å². The normalized spacial score (nSPS) is 12.7. The number of nitrogens with zero attached hydrogens (tertiary/aromatic N) is 2. The fraction of sp³-hybridized carbons (Fsp3) is 0.500. The lowest BCUT2D eigenvalue weighted by Crippen LogP contribution is -2.34. The van der Waals surface area contributed by atoms with Crippen LogP contribution in [0, 0.1) is 12.3 Å². The maximum absolute atomic E-state index is 13.1. The predicted molar refractivity (Wildman–Crippen MR) is 87.9 cm³/mol. The molecule has 1 aromatic heterocycles. The molecule has 0 saturated carbocycles. The third-order valence-corrected chi connectivity index (χ3v) is 4.21. The maximum atomic E-state index is 13.1. The minimum absolute atomic E-state index is 0.182. The average molecular weight is 376 g/mol. The van der Waals surface area contributed by atoms with Gasteiger partial charge in [-0.05, 0) is 37.5 Å². The topological polar surface area (TPSA) is 27.1 Å². The van der Waals surface area contributed by atoms with Gasteiger partial charge in [-0.2, -0.15) is 22.0 Å². The highest BCUT2D eigenvalue weighted by Gasteiger charge is 2.47. The summed E-state index contributed by atoms with van der Waals surface area (Å²) in [5, 5.41) is 0. The van der Waals surface area contributed by atoms with Crippen molar-refractivity contribution in [3.05, 3.63) is 41.5 Å². The van der Waals surface area contributed by atoms with Gasteiger partial charge in [0.05, 0.1) is 16.8 Å². The Kier molecular flexibility index (Phi) is 5.63. The Morgan fingerprint density at radius 2 is 1.85 bits per heavy atom. The molecule has 0 radical (unpaired) electrons. The first-order valence-corrected chi connectivity index (χ1v) is 8.14. The summed E-state index contributed by atoms with van der Waals surface area (Å²) in [5.74, 6) is 0.392. The van der Waals surface area contributed by atoms with E-state index < -0.39 is 18.2 Å². The summed E-state index contributed by atoms with van der Waals surface area (Å²) in [6, 6.07) is 4.21. The maximum Gasteiger partial charge on any atom is 0.394 e. The van der Waals surface area contributed by atoms with E-state index in [1.807, 2.05) is 6.92 Å². The van der Waals surface area contributed by atoms with E-state index in [1.54, 1.807) is 17.7 Å². The van der Waals surface area contributed by atoms with Crippen molar-refractivity contribution < 1.29 is 26.7 Å². The molecule has 0 N–H and O–H groups in total. The van der Waals surface area contributed by atoms with Crippen molar-refractivity contribution in [3.63, 3.8) is 0 Å². The van der Waals surface area contributed by atoms with E-state index in [9.17, 15) is 22.0 Å². The number of ether oxygens (including phenoxy) is 1. The fourth-order valence-corrected chi connectivity index (χ4v) is 2.62. The molecule has 8 heteroatoms. The molecule has 0 aliphatic heterocycles. The van der Waals surface area contributed by atoms with Gasteiger partial charge in [0.1, 0.15) is 11.6 Å². The van der Waals surface area contributed by atoms with Crippen LogP contribution < -0.4 is 4.74 Å². The number of benzene rings is 1. The molecule has 0 amide bonds.